The average molecular weight is 416 g/mol. The van der Waals surface area contributed by atoms with Gasteiger partial charge in [-0.3, -0.25) is 9.59 Å². The summed E-state index contributed by atoms with van der Waals surface area (Å²) in [6, 6.07) is 12.0. The van der Waals surface area contributed by atoms with Crippen molar-refractivity contribution in [2.24, 2.45) is 0 Å². The van der Waals surface area contributed by atoms with Crippen LogP contribution in [0.5, 0.6) is 0 Å². The molecule has 1 N–H and O–H groups in total. The zero-order chi connectivity index (χ0) is 19.8. The predicted octanol–water partition coefficient (Wildman–Crippen LogP) is 3.46. The molecule has 1 aromatic carbocycles. The molecule has 8 heteroatoms. The minimum Gasteiger partial charge on any atom is -0.455 e. The molecule has 0 saturated heterocycles. The first kappa shape index (κ1) is 20.3. The molecule has 0 aliphatic heterocycles. The minimum atomic E-state index is -0.445. The zero-order valence-corrected chi connectivity index (χ0v) is 17.1. The Morgan fingerprint density at radius 3 is 2.86 bits per heavy atom. The van der Waals surface area contributed by atoms with Crippen LogP contribution in [0.2, 0.25) is 0 Å². The van der Waals surface area contributed by atoms with Gasteiger partial charge < -0.3 is 10.1 Å². The summed E-state index contributed by atoms with van der Waals surface area (Å²) < 4.78 is 5.07. The fourth-order valence-corrected chi connectivity index (χ4v) is 4.19. The van der Waals surface area contributed by atoms with E-state index in [-0.39, 0.29) is 24.3 Å². The van der Waals surface area contributed by atoms with E-state index >= 15 is 0 Å². The maximum Gasteiger partial charge on any atom is 0.316 e. The molecule has 0 spiro atoms. The van der Waals surface area contributed by atoms with Gasteiger partial charge in [-0.2, -0.15) is 0 Å². The lowest BCUT2D eigenvalue weighted by molar-refractivity contribution is -0.146. The molecule has 0 aliphatic carbocycles. The fraction of sp³-hybridized carbons (Fsp3) is 0.300. The topological polar surface area (TPSA) is 81.2 Å². The largest absolute Gasteiger partial charge is 0.455 e. The van der Waals surface area contributed by atoms with Crippen LogP contribution in [0.25, 0.3) is 10.2 Å². The number of thiophene rings is 1. The second kappa shape index (κ2) is 10.2. The Labute approximate surface area is 171 Å². The van der Waals surface area contributed by atoms with Crippen LogP contribution in [0.3, 0.4) is 0 Å². The number of fused-ring (bicyclic) bond motifs is 1. The quantitative estimate of drug-likeness (QED) is 0.327. The lowest BCUT2D eigenvalue weighted by Gasteiger charge is -2.14. The van der Waals surface area contributed by atoms with Crippen LogP contribution in [0.15, 0.2) is 53.1 Å². The molecule has 3 aromatic rings. The predicted molar refractivity (Wildman–Crippen MR) is 111 cm³/mol. The molecule has 0 unspecified atom stereocenters. The molecule has 0 saturated carbocycles. The fourth-order valence-electron chi connectivity index (χ4n) is 2.61. The van der Waals surface area contributed by atoms with Crippen molar-refractivity contribution in [1.82, 2.24) is 15.3 Å². The Morgan fingerprint density at radius 1 is 1.21 bits per heavy atom. The maximum absolute atomic E-state index is 12.0. The summed E-state index contributed by atoms with van der Waals surface area (Å²) >= 11 is 2.81. The molecule has 28 heavy (non-hydrogen) atoms. The highest BCUT2D eigenvalue weighted by Crippen LogP contribution is 2.27. The first-order valence-corrected chi connectivity index (χ1v) is 10.8. The molecule has 3 rings (SSSR count). The molecule has 0 aliphatic rings. The van der Waals surface area contributed by atoms with E-state index in [0.717, 1.165) is 28.1 Å². The number of nitrogens with zero attached hydrogens (tertiary/aromatic N) is 2. The van der Waals surface area contributed by atoms with Gasteiger partial charge in [-0.15, -0.1) is 11.3 Å². The number of thioether (sulfide) groups is 1. The Morgan fingerprint density at radius 2 is 2.04 bits per heavy atom. The number of carbonyl (C=O) groups excluding carboxylic acids is 2. The van der Waals surface area contributed by atoms with Gasteiger partial charge in [0.25, 0.3) is 5.91 Å². The Hall–Kier alpha value is -2.45. The number of nitrogens with one attached hydrogen (secondary N) is 1. The van der Waals surface area contributed by atoms with Crippen LogP contribution in [0.4, 0.5) is 0 Å². The molecular weight excluding hydrogens is 394 g/mol. The van der Waals surface area contributed by atoms with Gasteiger partial charge in [-0.25, -0.2) is 9.97 Å². The molecule has 0 bridgehead atoms. The van der Waals surface area contributed by atoms with E-state index in [1.807, 2.05) is 36.6 Å². The lowest BCUT2D eigenvalue weighted by Crippen LogP contribution is -2.36. The number of hydrogen-bond donors (Lipinski definition) is 1. The van der Waals surface area contributed by atoms with Crippen molar-refractivity contribution < 1.29 is 14.3 Å². The number of carbonyl (C=O) groups is 2. The molecule has 1 amide bonds. The van der Waals surface area contributed by atoms with E-state index in [2.05, 4.69) is 27.4 Å². The van der Waals surface area contributed by atoms with E-state index in [9.17, 15) is 9.59 Å². The zero-order valence-electron chi connectivity index (χ0n) is 15.5. The smallest absolute Gasteiger partial charge is 0.316 e. The molecule has 2 aromatic heterocycles. The van der Waals surface area contributed by atoms with Gasteiger partial charge in [0, 0.05) is 11.4 Å². The monoisotopic (exact) mass is 415 g/mol. The van der Waals surface area contributed by atoms with Crippen LogP contribution in [-0.4, -0.2) is 40.2 Å². The Kier molecular flexibility index (Phi) is 7.39. The number of benzene rings is 1. The lowest BCUT2D eigenvalue weighted by atomic mass is 10.1. The third kappa shape index (κ3) is 6.03. The highest BCUT2D eigenvalue weighted by molar-refractivity contribution is 8.00. The summed E-state index contributed by atoms with van der Waals surface area (Å²) in [6.07, 6.45) is 3.19. The molecule has 6 nitrogen and oxygen atoms in total. The number of amides is 1. The van der Waals surface area contributed by atoms with E-state index in [1.165, 1.54) is 35.0 Å². The summed E-state index contributed by atoms with van der Waals surface area (Å²) in [5.41, 5.74) is 1.23. The maximum atomic E-state index is 12.0. The highest BCUT2D eigenvalue weighted by Gasteiger charge is 2.13. The normalized spacial score (nSPS) is 11.9. The third-order valence-corrected chi connectivity index (χ3v) is 5.83. The summed E-state index contributed by atoms with van der Waals surface area (Å²) in [5, 5.41) is 6.46. The number of esters is 1. The van der Waals surface area contributed by atoms with Gasteiger partial charge in [0.05, 0.1) is 5.75 Å². The summed E-state index contributed by atoms with van der Waals surface area (Å²) in [4.78, 5) is 33.2. The molecular formula is C20H21N3O3S2. The van der Waals surface area contributed by atoms with Gasteiger partial charge in [0.1, 0.15) is 16.2 Å². The number of aryl methyl sites for hydroxylation is 1. The van der Waals surface area contributed by atoms with Crippen LogP contribution in [0, 0.1) is 0 Å². The van der Waals surface area contributed by atoms with Gasteiger partial charge in [0.2, 0.25) is 0 Å². The highest BCUT2D eigenvalue weighted by atomic mass is 32.2. The third-order valence-electron chi connectivity index (χ3n) is 4.03. The van der Waals surface area contributed by atoms with Crippen molar-refractivity contribution in [3.05, 3.63) is 53.7 Å². The van der Waals surface area contributed by atoms with Gasteiger partial charge in [0.15, 0.2) is 6.61 Å². The standard InChI is InChI=1S/C20H21N3O3S2/c1-14(7-8-15-5-3-2-4-6-15)23-17(24)11-26-18(25)12-28-20-16-9-10-27-19(16)21-13-22-20/h2-6,9-10,13-14H,7-8,11-12H2,1H3,(H,23,24)/t14-/m1/s1. The van der Waals surface area contributed by atoms with E-state index in [1.54, 1.807) is 0 Å². The second-order valence-corrected chi connectivity index (χ2v) is 8.12. The number of aromatic nitrogens is 2. The first-order chi connectivity index (χ1) is 13.6. The first-order valence-electron chi connectivity index (χ1n) is 8.91. The SMILES string of the molecule is C[C@H](CCc1ccccc1)NC(=O)COC(=O)CSc1ncnc2sccc12. The summed E-state index contributed by atoms with van der Waals surface area (Å²) in [5.74, 6) is -0.640. The summed E-state index contributed by atoms with van der Waals surface area (Å²) in [7, 11) is 0. The van der Waals surface area contributed by atoms with Crippen LogP contribution < -0.4 is 5.32 Å². The average Bonchev–Trinajstić information content (AvgIpc) is 3.19. The van der Waals surface area contributed by atoms with Crippen molar-refractivity contribution in [3.63, 3.8) is 0 Å². The number of hydrogen-bond acceptors (Lipinski definition) is 7. The molecule has 2 heterocycles. The molecule has 146 valence electrons. The van der Waals surface area contributed by atoms with E-state index in [0.29, 0.717) is 0 Å². The molecule has 0 radical (unpaired) electrons. The molecule has 0 fully saturated rings. The Balaban J connectivity index is 1.35. The van der Waals surface area contributed by atoms with Crippen molar-refractivity contribution in [2.75, 3.05) is 12.4 Å². The Bertz CT molecular complexity index is 931. The van der Waals surface area contributed by atoms with Gasteiger partial charge in [-0.05, 0) is 36.8 Å². The van der Waals surface area contributed by atoms with Crippen LogP contribution in [-0.2, 0) is 20.7 Å². The van der Waals surface area contributed by atoms with Crippen molar-refractivity contribution in [1.29, 1.82) is 0 Å². The van der Waals surface area contributed by atoms with E-state index < -0.39 is 5.97 Å². The van der Waals surface area contributed by atoms with Crippen molar-refractivity contribution in [3.8, 4) is 0 Å². The van der Waals surface area contributed by atoms with Crippen LogP contribution in [0.1, 0.15) is 18.9 Å². The number of rotatable bonds is 9. The van der Waals surface area contributed by atoms with Gasteiger partial charge in [-0.1, -0.05) is 42.1 Å². The number of ether oxygens (including phenoxy) is 1. The molecule has 1 atom stereocenters. The van der Waals surface area contributed by atoms with Crippen molar-refractivity contribution in [2.45, 2.75) is 30.8 Å². The minimum absolute atomic E-state index is 0.00803. The summed E-state index contributed by atoms with van der Waals surface area (Å²) in [6.45, 7) is 1.67. The van der Waals surface area contributed by atoms with Crippen LogP contribution >= 0.6 is 23.1 Å². The second-order valence-electron chi connectivity index (χ2n) is 6.26. The van der Waals surface area contributed by atoms with E-state index in [4.69, 9.17) is 4.74 Å². The van der Waals surface area contributed by atoms with Gasteiger partial charge >= 0.3 is 5.97 Å². The van der Waals surface area contributed by atoms with Crippen molar-refractivity contribution >= 4 is 45.2 Å².